The average molecular weight is 372 g/mol. The first kappa shape index (κ1) is 15.3. The summed E-state index contributed by atoms with van der Waals surface area (Å²) in [6.07, 6.45) is 0. The summed E-state index contributed by atoms with van der Waals surface area (Å²) in [6.45, 7) is 3.85. The van der Waals surface area contributed by atoms with Crippen molar-refractivity contribution in [1.29, 1.82) is 0 Å². The average Bonchev–Trinajstić information content (AvgIpc) is 2.69. The third kappa shape index (κ3) is 3.97. The molecule has 0 unspecified atom stereocenters. The second-order valence-corrected chi connectivity index (χ2v) is 7.41. The summed E-state index contributed by atoms with van der Waals surface area (Å²) < 4.78 is 1.99. The topological polar surface area (TPSA) is 68.0 Å². The standard InChI is InChI=1S/C13H14BrN3OS2/c1-7-5-9(14)3-4-10(7)17-11(18)6-19-12-8(2)16-13(15)20-12/h3-5H,6H2,1-2H3,(H2,15,16)(H,17,18). The Hall–Kier alpha value is -1.05. The largest absolute Gasteiger partial charge is 0.375 e. The number of hydrogen-bond acceptors (Lipinski definition) is 5. The van der Waals surface area contributed by atoms with Gasteiger partial charge in [-0.3, -0.25) is 4.79 Å². The van der Waals surface area contributed by atoms with Gasteiger partial charge in [0.05, 0.1) is 15.7 Å². The highest BCUT2D eigenvalue weighted by Gasteiger charge is 2.10. The van der Waals surface area contributed by atoms with E-state index in [2.05, 4.69) is 26.2 Å². The summed E-state index contributed by atoms with van der Waals surface area (Å²) in [5.74, 6) is 0.310. The predicted molar refractivity (Wildman–Crippen MR) is 89.5 cm³/mol. The molecule has 0 radical (unpaired) electrons. The summed E-state index contributed by atoms with van der Waals surface area (Å²) >= 11 is 6.27. The van der Waals surface area contributed by atoms with E-state index in [4.69, 9.17) is 5.73 Å². The van der Waals surface area contributed by atoms with Crippen molar-refractivity contribution in [2.24, 2.45) is 0 Å². The smallest absolute Gasteiger partial charge is 0.234 e. The van der Waals surface area contributed by atoms with Gasteiger partial charge < -0.3 is 11.1 Å². The van der Waals surface area contributed by atoms with Crippen molar-refractivity contribution in [3.8, 4) is 0 Å². The lowest BCUT2D eigenvalue weighted by atomic mass is 10.2. The zero-order chi connectivity index (χ0) is 14.7. The van der Waals surface area contributed by atoms with E-state index in [0.717, 1.165) is 25.6 Å². The van der Waals surface area contributed by atoms with Gasteiger partial charge in [-0.1, -0.05) is 27.3 Å². The number of nitrogen functional groups attached to an aromatic ring is 1. The second-order valence-electron chi connectivity index (χ2n) is 4.22. The molecule has 7 heteroatoms. The Morgan fingerprint density at radius 1 is 1.50 bits per heavy atom. The molecule has 20 heavy (non-hydrogen) atoms. The molecule has 0 saturated heterocycles. The fourth-order valence-corrected chi connectivity index (χ4v) is 3.92. The van der Waals surface area contributed by atoms with Crippen molar-refractivity contribution in [3.05, 3.63) is 33.9 Å². The van der Waals surface area contributed by atoms with E-state index in [1.807, 2.05) is 32.0 Å². The van der Waals surface area contributed by atoms with Crippen LogP contribution in [0.5, 0.6) is 0 Å². The van der Waals surface area contributed by atoms with Gasteiger partial charge in [-0.25, -0.2) is 4.98 Å². The molecule has 2 rings (SSSR count). The Kier molecular flexibility index (Phi) is 5.06. The molecule has 3 N–H and O–H groups in total. The highest BCUT2D eigenvalue weighted by Crippen LogP contribution is 2.30. The zero-order valence-electron chi connectivity index (χ0n) is 11.1. The third-order valence-electron chi connectivity index (χ3n) is 2.57. The number of nitrogens with two attached hydrogens (primary N) is 1. The molecule has 0 saturated carbocycles. The summed E-state index contributed by atoms with van der Waals surface area (Å²) in [6, 6.07) is 5.76. The number of rotatable bonds is 4. The highest BCUT2D eigenvalue weighted by molar-refractivity contribution is 9.10. The Balaban J connectivity index is 1.94. The molecule has 106 valence electrons. The molecule has 2 aromatic rings. The molecule has 0 atom stereocenters. The van der Waals surface area contributed by atoms with Crippen molar-refractivity contribution in [3.63, 3.8) is 0 Å². The van der Waals surface area contributed by atoms with Crippen molar-refractivity contribution >= 4 is 55.8 Å². The molecule has 1 heterocycles. The molecule has 1 aromatic heterocycles. The molecule has 0 aliphatic carbocycles. The summed E-state index contributed by atoms with van der Waals surface area (Å²) in [4.78, 5) is 16.1. The van der Waals surface area contributed by atoms with Crippen molar-refractivity contribution in [2.45, 2.75) is 18.1 Å². The maximum Gasteiger partial charge on any atom is 0.234 e. The summed E-state index contributed by atoms with van der Waals surface area (Å²) in [5, 5.41) is 3.44. The minimum absolute atomic E-state index is 0.0354. The van der Waals surface area contributed by atoms with Crippen LogP contribution in [-0.4, -0.2) is 16.6 Å². The van der Waals surface area contributed by atoms with Crippen LogP contribution in [0.3, 0.4) is 0 Å². The number of aryl methyl sites for hydroxylation is 2. The van der Waals surface area contributed by atoms with E-state index in [9.17, 15) is 4.79 Å². The number of amides is 1. The number of nitrogens with zero attached hydrogens (tertiary/aromatic N) is 1. The predicted octanol–water partition coefficient (Wildman–Crippen LogP) is 3.84. The normalized spacial score (nSPS) is 10.6. The lowest BCUT2D eigenvalue weighted by molar-refractivity contribution is -0.113. The molecule has 0 bridgehead atoms. The van der Waals surface area contributed by atoms with E-state index in [0.29, 0.717) is 10.9 Å². The number of anilines is 2. The van der Waals surface area contributed by atoms with Gasteiger partial charge in [0.25, 0.3) is 0 Å². The highest BCUT2D eigenvalue weighted by atomic mass is 79.9. The quantitative estimate of drug-likeness (QED) is 0.801. The van der Waals surface area contributed by atoms with Gasteiger partial charge in [-0.05, 0) is 37.6 Å². The monoisotopic (exact) mass is 371 g/mol. The summed E-state index contributed by atoms with van der Waals surface area (Å²) in [5.41, 5.74) is 8.37. The van der Waals surface area contributed by atoms with Crippen LogP contribution in [0.25, 0.3) is 0 Å². The van der Waals surface area contributed by atoms with E-state index >= 15 is 0 Å². The Bertz CT molecular complexity index is 643. The number of aromatic nitrogens is 1. The van der Waals surface area contributed by atoms with Crippen LogP contribution in [-0.2, 0) is 4.79 Å². The first-order chi connectivity index (χ1) is 9.45. The van der Waals surface area contributed by atoms with Crippen LogP contribution in [0.4, 0.5) is 10.8 Å². The molecule has 1 amide bonds. The number of thioether (sulfide) groups is 1. The fourth-order valence-electron chi connectivity index (χ4n) is 1.62. The first-order valence-electron chi connectivity index (χ1n) is 5.87. The molecule has 0 aliphatic rings. The number of carbonyl (C=O) groups excluding carboxylic acids is 1. The maximum absolute atomic E-state index is 12.0. The van der Waals surface area contributed by atoms with E-state index in [-0.39, 0.29) is 5.91 Å². The number of carbonyl (C=O) groups is 1. The molecule has 1 aromatic carbocycles. The Labute approximate surface area is 134 Å². The number of hydrogen-bond donors (Lipinski definition) is 2. The number of nitrogens with one attached hydrogen (secondary N) is 1. The lowest BCUT2D eigenvalue weighted by Gasteiger charge is -2.08. The van der Waals surface area contributed by atoms with Crippen LogP contribution < -0.4 is 11.1 Å². The van der Waals surface area contributed by atoms with Gasteiger partial charge in [0, 0.05) is 10.2 Å². The van der Waals surface area contributed by atoms with Crippen LogP contribution in [0.1, 0.15) is 11.3 Å². The molecular weight excluding hydrogens is 358 g/mol. The van der Waals surface area contributed by atoms with Gasteiger partial charge in [0.2, 0.25) is 5.91 Å². The first-order valence-corrected chi connectivity index (χ1v) is 8.47. The van der Waals surface area contributed by atoms with E-state index in [1.54, 1.807) is 0 Å². The Morgan fingerprint density at radius 2 is 2.25 bits per heavy atom. The molecule has 4 nitrogen and oxygen atoms in total. The SMILES string of the molecule is Cc1cc(Br)ccc1NC(=O)CSc1sc(N)nc1C. The minimum atomic E-state index is -0.0354. The van der Waals surface area contributed by atoms with Crippen LogP contribution in [0.2, 0.25) is 0 Å². The van der Waals surface area contributed by atoms with Crippen LogP contribution in [0, 0.1) is 13.8 Å². The number of thiazole rings is 1. The lowest BCUT2D eigenvalue weighted by Crippen LogP contribution is -2.14. The minimum Gasteiger partial charge on any atom is -0.375 e. The van der Waals surface area contributed by atoms with Gasteiger partial charge in [-0.2, -0.15) is 0 Å². The van der Waals surface area contributed by atoms with Gasteiger partial charge in [-0.15, -0.1) is 11.8 Å². The third-order valence-corrected chi connectivity index (χ3v) is 5.41. The molecular formula is C13H14BrN3OS2. The second kappa shape index (κ2) is 6.60. The van der Waals surface area contributed by atoms with E-state index in [1.165, 1.54) is 23.1 Å². The van der Waals surface area contributed by atoms with Gasteiger partial charge in [0.1, 0.15) is 0 Å². The van der Waals surface area contributed by atoms with Crippen molar-refractivity contribution < 1.29 is 4.79 Å². The zero-order valence-corrected chi connectivity index (χ0v) is 14.3. The van der Waals surface area contributed by atoms with Crippen molar-refractivity contribution in [1.82, 2.24) is 4.98 Å². The molecule has 0 fully saturated rings. The van der Waals surface area contributed by atoms with Crippen LogP contribution in [0.15, 0.2) is 26.9 Å². The number of halogens is 1. The van der Waals surface area contributed by atoms with Crippen LogP contribution >= 0.6 is 39.0 Å². The Morgan fingerprint density at radius 3 is 2.85 bits per heavy atom. The molecule has 0 spiro atoms. The van der Waals surface area contributed by atoms with E-state index < -0.39 is 0 Å². The maximum atomic E-state index is 12.0. The summed E-state index contributed by atoms with van der Waals surface area (Å²) in [7, 11) is 0. The fraction of sp³-hybridized carbons (Fsp3) is 0.231. The van der Waals surface area contributed by atoms with Gasteiger partial charge >= 0.3 is 0 Å². The molecule has 0 aliphatic heterocycles. The number of benzene rings is 1. The van der Waals surface area contributed by atoms with Gasteiger partial charge in [0.15, 0.2) is 5.13 Å². The van der Waals surface area contributed by atoms with Crippen molar-refractivity contribution in [2.75, 3.05) is 16.8 Å².